The monoisotopic (exact) mass is 203 g/mol. The van der Waals surface area contributed by atoms with E-state index in [1.165, 1.54) is 18.2 Å². The van der Waals surface area contributed by atoms with Gasteiger partial charge < -0.3 is 9.80 Å². The summed E-state index contributed by atoms with van der Waals surface area (Å²) in [6.07, 6.45) is 4.20. The van der Waals surface area contributed by atoms with Gasteiger partial charge in [-0.05, 0) is 6.92 Å². The molecule has 0 aromatic heterocycles. The Bertz CT molecular complexity index is 294. The van der Waals surface area contributed by atoms with Gasteiger partial charge in [0.05, 0.1) is 24.9 Å². The largest absolute Gasteiger partial charge is 0.362 e. The molecular weight excluding hydrogens is 190 g/mol. The van der Waals surface area contributed by atoms with Gasteiger partial charge in [0.1, 0.15) is 0 Å². The predicted molar refractivity (Wildman–Crippen MR) is 54.5 cm³/mol. The van der Waals surface area contributed by atoms with Crippen LogP contribution in [0.4, 0.5) is 0 Å². The molecule has 5 nitrogen and oxygen atoms in total. The van der Waals surface area contributed by atoms with Gasteiger partial charge in [0.25, 0.3) is 0 Å². The van der Waals surface area contributed by atoms with Crippen LogP contribution in [0.1, 0.15) is 6.92 Å². The van der Waals surface area contributed by atoms with Gasteiger partial charge in [0, 0.05) is 26.0 Å². The fraction of sp³-hybridized carbons (Fsp3) is 0.500. The molecule has 0 aromatic carbocycles. The van der Waals surface area contributed by atoms with Crippen molar-refractivity contribution in [2.75, 3.05) is 20.3 Å². The van der Waals surface area contributed by atoms with E-state index in [9.17, 15) is 0 Å². The van der Waals surface area contributed by atoms with Crippen LogP contribution in [-0.4, -0.2) is 30.1 Å². The number of nitriles is 3. The first kappa shape index (κ1) is 12.8. The molecule has 0 amide bonds. The fourth-order valence-electron chi connectivity index (χ4n) is 0.881. The van der Waals surface area contributed by atoms with Crippen LogP contribution in [0.15, 0.2) is 12.4 Å². The smallest absolute Gasteiger partial charge is 0.218 e. The van der Waals surface area contributed by atoms with Crippen molar-refractivity contribution in [3.63, 3.8) is 0 Å². The van der Waals surface area contributed by atoms with Crippen molar-refractivity contribution in [3.8, 4) is 18.2 Å². The molecule has 1 aliphatic rings. The van der Waals surface area contributed by atoms with Gasteiger partial charge >= 0.3 is 0 Å². The van der Waals surface area contributed by atoms with Crippen molar-refractivity contribution in [2.45, 2.75) is 6.92 Å². The average Bonchev–Trinajstić information content (AvgIpc) is 2.68. The summed E-state index contributed by atoms with van der Waals surface area (Å²) in [7, 11) is 2.08. The normalized spacial score (nSPS) is 12.5. The van der Waals surface area contributed by atoms with Crippen molar-refractivity contribution in [3.05, 3.63) is 12.4 Å². The lowest BCUT2D eigenvalue weighted by Gasteiger charge is -2.14. The molecule has 0 bridgehead atoms. The summed E-state index contributed by atoms with van der Waals surface area (Å²) >= 11 is 0. The van der Waals surface area contributed by atoms with Gasteiger partial charge in [0.15, 0.2) is 0 Å². The zero-order valence-corrected chi connectivity index (χ0v) is 8.88. The van der Waals surface area contributed by atoms with Crippen molar-refractivity contribution in [2.24, 2.45) is 5.92 Å². The topological polar surface area (TPSA) is 77.8 Å². The number of nitrogens with zero attached hydrogens (tertiary/aromatic N) is 5. The Hall–Kier alpha value is -2.19. The van der Waals surface area contributed by atoms with Gasteiger partial charge in [-0.15, -0.1) is 0 Å². The molecule has 1 aliphatic heterocycles. The highest BCUT2D eigenvalue weighted by Crippen LogP contribution is 2.00. The van der Waals surface area contributed by atoms with Crippen LogP contribution in [-0.2, 0) is 0 Å². The van der Waals surface area contributed by atoms with Gasteiger partial charge in [0.2, 0.25) is 5.92 Å². The molecule has 1 rings (SSSR count). The van der Waals surface area contributed by atoms with Crippen LogP contribution in [0.3, 0.4) is 0 Å². The Morgan fingerprint density at radius 2 is 1.73 bits per heavy atom. The van der Waals surface area contributed by atoms with E-state index < -0.39 is 5.92 Å². The summed E-state index contributed by atoms with van der Waals surface area (Å²) in [6, 6.07) is 4.44. The zero-order valence-electron chi connectivity index (χ0n) is 8.88. The van der Waals surface area contributed by atoms with E-state index in [-0.39, 0.29) is 0 Å². The first-order chi connectivity index (χ1) is 7.17. The second-order valence-electron chi connectivity index (χ2n) is 2.92. The van der Waals surface area contributed by atoms with E-state index in [1.54, 1.807) is 0 Å². The number of rotatable bonds is 1. The molecule has 0 atom stereocenters. The molecule has 0 aromatic rings. The molecule has 0 radical (unpaired) electrons. The van der Waals surface area contributed by atoms with Gasteiger partial charge in [-0.3, -0.25) is 0 Å². The molecule has 0 unspecified atom stereocenters. The predicted octanol–water partition coefficient (Wildman–Crippen LogP) is 0.856. The van der Waals surface area contributed by atoms with Crippen LogP contribution in [0, 0.1) is 39.9 Å². The van der Waals surface area contributed by atoms with E-state index in [0.717, 1.165) is 13.2 Å². The molecule has 15 heavy (non-hydrogen) atoms. The lowest BCUT2D eigenvalue weighted by atomic mass is 10.2. The lowest BCUT2D eigenvalue weighted by molar-refractivity contribution is 0.308. The van der Waals surface area contributed by atoms with Gasteiger partial charge in [-0.25, -0.2) is 0 Å². The van der Waals surface area contributed by atoms with E-state index in [0.29, 0.717) is 0 Å². The third kappa shape index (κ3) is 5.18. The first-order valence-corrected chi connectivity index (χ1v) is 4.49. The molecule has 5 heteroatoms. The van der Waals surface area contributed by atoms with Crippen LogP contribution in [0.25, 0.3) is 0 Å². The van der Waals surface area contributed by atoms with Gasteiger partial charge in [-0.2, -0.15) is 15.8 Å². The van der Waals surface area contributed by atoms with E-state index in [2.05, 4.69) is 36.2 Å². The Kier molecular flexibility index (Phi) is 6.18. The Balaban J connectivity index is 0.000000265. The van der Waals surface area contributed by atoms with Crippen LogP contribution < -0.4 is 0 Å². The van der Waals surface area contributed by atoms with Crippen LogP contribution >= 0.6 is 0 Å². The lowest BCUT2D eigenvalue weighted by Crippen LogP contribution is -2.21. The molecule has 0 spiro atoms. The highest BCUT2D eigenvalue weighted by molar-refractivity contribution is 5.11. The van der Waals surface area contributed by atoms with E-state index >= 15 is 0 Å². The second-order valence-corrected chi connectivity index (χ2v) is 2.92. The molecule has 78 valence electrons. The molecule has 0 saturated heterocycles. The summed E-state index contributed by atoms with van der Waals surface area (Å²) in [6.45, 7) is 4.32. The minimum Gasteiger partial charge on any atom is -0.362 e. The van der Waals surface area contributed by atoms with Gasteiger partial charge in [-0.1, -0.05) is 0 Å². The number of hydrogen-bond donors (Lipinski definition) is 0. The Morgan fingerprint density at radius 1 is 1.20 bits per heavy atom. The average molecular weight is 203 g/mol. The SMILES string of the molecule is CCN1C=CN(C)C1.N#CC(C#N)C#N. The molecular formula is C10H13N5. The highest BCUT2D eigenvalue weighted by atomic mass is 15.3. The summed E-state index contributed by atoms with van der Waals surface area (Å²) < 4.78 is 0. The maximum Gasteiger partial charge on any atom is 0.218 e. The molecule has 0 aliphatic carbocycles. The Labute approximate surface area is 90.0 Å². The second kappa shape index (κ2) is 7.24. The maximum absolute atomic E-state index is 7.83. The summed E-state index contributed by atoms with van der Waals surface area (Å²) in [4.78, 5) is 4.41. The first-order valence-electron chi connectivity index (χ1n) is 4.49. The molecule has 0 fully saturated rings. The minimum absolute atomic E-state index is 1.05. The molecule has 0 N–H and O–H groups in total. The standard InChI is InChI=1S/C6H12N2.C4HN3/c1-3-8-5-4-7(2)6-8;5-1-4(2-6)3-7/h4-5H,3,6H2,1-2H3;4H. The van der Waals surface area contributed by atoms with E-state index in [1.807, 2.05) is 0 Å². The van der Waals surface area contributed by atoms with Crippen LogP contribution in [0.2, 0.25) is 0 Å². The number of hydrogen-bond acceptors (Lipinski definition) is 5. The van der Waals surface area contributed by atoms with Crippen molar-refractivity contribution >= 4 is 0 Å². The molecule has 1 heterocycles. The quantitative estimate of drug-likeness (QED) is 0.631. The highest BCUT2D eigenvalue weighted by Gasteiger charge is 2.03. The van der Waals surface area contributed by atoms with Crippen LogP contribution in [0.5, 0.6) is 0 Å². The summed E-state index contributed by atoms with van der Waals surface area (Å²) in [5.74, 6) is -1.10. The zero-order chi connectivity index (χ0) is 11.7. The molecule has 0 saturated carbocycles. The third-order valence-electron chi connectivity index (χ3n) is 1.73. The summed E-state index contributed by atoms with van der Waals surface area (Å²) in [5, 5.41) is 23.5. The minimum atomic E-state index is -1.10. The van der Waals surface area contributed by atoms with E-state index in [4.69, 9.17) is 15.8 Å². The fourth-order valence-corrected chi connectivity index (χ4v) is 0.881. The van der Waals surface area contributed by atoms with Crippen molar-refractivity contribution < 1.29 is 0 Å². The van der Waals surface area contributed by atoms with Crippen molar-refractivity contribution in [1.82, 2.24) is 9.80 Å². The van der Waals surface area contributed by atoms with Crippen molar-refractivity contribution in [1.29, 1.82) is 15.8 Å². The maximum atomic E-state index is 7.83. The summed E-state index contributed by atoms with van der Waals surface area (Å²) in [5.41, 5.74) is 0. The Morgan fingerprint density at radius 3 is 1.87 bits per heavy atom. The third-order valence-corrected chi connectivity index (χ3v) is 1.73.